The van der Waals surface area contributed by atoms with E-state index in [9.17, 15) is 0 Å². The first kappa shape index (κ1) is 32.9. The summed E-state index contributed by atoms with van der Waals surface area (Å²) >= 11 is 0. The Bertz CT molecular complexity index is 3270. The molecule has 0 aromatic heterocycles. The Balaban J connectivity index is 1.15. The van der Waals surface area contributed by atoms with Gasteiger partial charge in [-0.05, 0) is 130 Å². The minimum absolute atomic E-state index is 1.10. The molecule has 11 rings (SSSR count). The van der Waals surface area contributed by atoms with Gasteiger partial charge in [-0.2, -0.15) is 0 Å². The molecule has 0 amide bonds. The van der Waals surface area contributed by atoms with Crippen LogP contribution in [0.3, 0.4) is 0 Å². The zero-order valence-corrected chi connectivity index (χ0v) is 31.3. The zero-order valence-electron chi connectivity index (χ0n) is 31.3. The molecule has 0 aliphatic heterocycles. The summed E-state index contributed by atoms with van der Waals surface area (Å²) in [6.07, 6.45) is 0. The van der Waals surface area contributed by atoms with Crippen LogP contribution < -0.4 is 4.90 Å². The number of hydrogen-bond acceptors (Lipinski definition) is 1. The molecule has 11 aromatic carbocycles. The van der Waals surface area contributed by atoms with Crippen LogP contribution in [0.15, 0.2) is 224 Å². The van der Waals surface area contributed by atoms with E-state index >= 15 is 0 Å². The summed E-state index contributed by atoms with van der Waals surface area (Å²) in [4.78, 5) is 2.42. The molecule has 266 valence electrons. The van der Waals surface area contributed by atoms with Crippen molar-refractivity contribution in [1.82, 2.24) is 0 Å². The van der Waals surface area contributed by atoms with Crippen molar-refractivity contribution in [2.45, 2.75) is 0 Å². The van der Waals surface area contributed by atoms with Crippen molar-refractivity contribution in [2.24, 2.45) is 0 Å². The quantitative estimate of drug-likeness (QED) is 0.154. The highest BCUT2D eigenvalue weighted by atomic mass is 15.1. The van der Waals surface area contributed by atoms with Crippen LogP contribution in [0.1, 0.15) is 0 Å². The van der Waals surface area contributed by atoms with Gasteiger partial charge in [-0.15, -0.1) is 0 Å². The first-order chi connectivity index (χ1) is 28.3. The molecule has 0 unspecified atom stereocenters. The third-order valence-corrected chi connectivity index (χ3v) is 11.6. The number of rotatable bonds is 6. The van der Waals surface area contributed by atoms with Gasteiger partial charge in [0.15, 0.2) is 0 Å². The molecule has 0 saturated heterocycles. The van der Waals surface area contributed by atoms with Crippen LogP contribution in [-0.4, -0.2) is 0 Å². The summed E-state index contributed by atoms with van der Waals surface area (Å²) in [6.45, 7) is 0. The highest BCUT2D eigenvalue weighted by molar-refractivity contribution is 6.22. The molecule has 0 radical (unpaired) electrons. The fraction of sp³-hybridized carbons (Fsp3) is 0. The van der Waals surface area contributed by atoms with Gasteiger partial charge in [0.25, 0.3) is 0 Å². The van der Waals surface area contributed by atoms with Crippen molar-refractivity contribution in [3.05, 3.63) is 224 Å². The smallest absolute Gasteiger partial charge is 0.0468 e. The molecule has 0 atom stereocenters. The first-order valence-electron chi connectivity index (χ1n) is 19.7. The zero-order chi connectivity index (χ0) is 37.7. The van der Waals surface area contributed by atoms with E-state index in [-0.39, 0.29) is 0 Å². The van der Waals surface area contributed by atoms with Gasteiger partial charge < -0.3 is 4.90 Å². The highest BCUT2D eigenvalue weighted by Gasteiger charge is 2.21. The number of fused-ring (bicyclic) bond motifs is 7. The Morgan fingerprint density at radius 3 is 1.40 bits per heavy atom. The Morgan fingerprint density at radius 1 is 0.228 bits per heavy atom. The number of anilines is 3. The summed E-state index contributed by atoms with van der Waals surface area (Å²) < 4.78 is 0. The summed E-state index contributed by atoms with van der Waals surface area (Å²) in [7, 11) is 0. The maximum atomic E-state index is 2.42. The fourth-order valence-electron chi connectivity index (χ4n) is 8.97. The minimum Gasteiger partial charge on any atom is -0.310 e. The average Bonchev–Trinajstić information content (AvgIpc) is 3.29. The van der Waals surface area contributed by atoms with Gasteiger partial charge in [0.2, 0.25) is 0 Å². The molecule has 1 nitrogen and oxygen atoms in total. The predicted molar refractivity (Wildman–Crippen MR) is 245 cm³/mol. The summed E-state index contributed by atoms with van der Waals surface area (Å²) in [5.41, 5.74) is 10.7. The summed E-state index contributed by atoms with van der Waals surface area (Å²) in [6, 6.07) is 82.1. The molecular weight excluding hydrogens is 687 g/mol. The molecule has 0 fully saturated rings. The van der Waals surface area contributed by atoms with Crippen LogP contribution in [0.25, 0.3) is 87.2 Å². The van der Waals surface area contributed by atoms with E-state index < -0.39 is 0 Å². The Hall–Kier alpha value is -7.48. The Kier molecular flexibility index (Phi) is 7.89. The molecule has 11 aromatic rings. The maximum Gasteiger partial charge on any atom is 0.0468 e. The molecule has 0 aliphatic carbocycles. The van der Waals surface area contributed by atoms with Crippen LogP contribution in [0, 0.1) is 0 Å². The number of hydrogen-bond donors (Lipinski definition) is 0. The molecule has 0 heterocycles. The topological polar surface area (TPSA) is 3.24 Å². The van der Waals surface area contributed by atoms with Crippen LogP contribution in [0.2, 0.25) is 0 Å². The number of nitrogens with zero attached hydrogens (tertiary/aromatic N) is 1. The lowest BCUT2D eigenvalue weighted by Crippen LogP contribution is -2.10. The second-order valence-electron chi connectivity index (χ2n) is 14.9. The number of benzene rings is 11. The third kappa shape index (κ3) is 5.63. The van der Waals surface area contributed by atoms with Crippen molar-refractivity contribution in [3.63, 3.8) is 0 Å². The van der Waals surface area contributed by atoms with E-state index in [1.54, 1.807) is 0 Å². The largest absolute Gasteiger partial charge is 0.310 e. The van der Waals surface area contributed by atoms with Crippen molar-refractivity contribution in [2.75, 3.05) is 4.90 Å². The van der Waals surface area contributed by atoms with Crippen molar-refractivity contribution < 1.29 is 0 Å². The van der Waals surface area contributed by atoms with E-state index in [4.69, 9.17) is 0 Å². The van der Waals surface area contributed by atoms with Crippen LogP contribution in [-0.2, 0) is 0 Å². The van der Waals surface area contributed by atoms with Crippen LogP contribution in [0.4, 0.5) is 17.1 Å². The lowest BCUT2D eigenvalue weighted by molar-refractivity contribution is 1.29. The van der Waals surface area contributed by atoms with Crippen molar-refractivity contribution in [1.29, 1.82) is 0 Å². The van der Waals surface area contributed by atoms with Gasteiger partial charge in [-0.1, -0.05) is 182 Å². The molecular formula is C56H37N. The van der Waals surface area contributed by atoms with Gasteiger partial charge >= 0.3 is 0 Å². The minimum atomic E-state index is 1.10. The SMILES string of the molecule is c1ccc(-c2c(-c3ccccc3)c3cc(N(c4ccc(-c5cc6ccccc6c6ccccc56)cc4)c4ccc5ccccc5c4)ccc3c3ccccc23)cc1. The average molecular weight is 724 g/mol. The standard InChI is InChI=1S/C56H37N/c1-3-16-40(17-4-1)55-52-26-14-13-24-49(52)51-34-33-46(37-54(51)56(55)41-18-5-2-6-19-41)57(45-32-27-38-15-7-8-20-42(38)35-45)44-30-28-39(29-31-44)53-36-43-21-9-10-22-47(43)48-23-11-12-25-50(48)53/h1-37H. The summed E-state index contributed by atoms with van der Waals surface area (Å²) in [5, 5.41) is 12.5. The third-order valence-electron chi connectivity index (χ3n) is 11.6. The highest BCUT2D eigenvalue weighted by Crippen LogP contribution is 2.47. The van der Waals surface area contributed by atoms with Crippen LogP contribution in [0.5, 0.6) is 0 Å². The second kappa shape index (κ2) is 13.7. The van der Waals surface area contributed by atoms with E-state index in [1.807, 2.05) is 0 Å². The van der Waals surface area contributed by atoms with E-state index in [0.29, 0.717) is 0 Å². The monoisotopic (exact) mass is 723 g/mol. The van der Waals surface area contributed by atoms with Crippen molar-refractivity contribution >= 4 is 70.9 Å². The van der Waals surface area contributed by atoms with Gasteiger partial charge in [0, 0.05) is 17.1 Å². The predicted octanol–water partition coefficient (Wildman–Crippen LogP) is 15.9. The molecule has 1 heteroatoms. The molecule has 0 aliphatic rings. The first-order valence-corrected chi connectivity index (χ1v) is 19.7. The molecule has 0 spiro atoms. The van der Waals surface area contributed by atoms with Gasteiger partial charge in [-0.25, -0.2) is 0 Å². The van der Waals surface area contributed by atoms with Gasteiger partial charge in [0.1, 0.15) is 0 Å². The Labute approximate surface area is 332 Å². The second-order valence-corrected chi connectivity index (χ2v) is 14.9. The van der Waals surface area contributed by atoms with Crippen LogP contribution >= 0.6 is 0 Å². The summed E-state index contributed by atoms with van der Waals surface area (Å²) in [5.74, 6) is 0. The van der Waals surface area contributed by atoms with Gasteiger partial charge in [-0.3, -0.25) is 0 Å². The van der Waals surface area contributed by atoms with Gasteiger partial charge in [0.05, 0.1) is 0 Å². The Morgan fingerprint density at radius 2 is 0.702 bits per heavy atom. The normalized spacial score (nSPS) is 11.5. The van der Waals surface area contributed by atoms with E-state index in [2.05, 4.69) is 229 Å². The maximum absolute atomic E-state index is 2.42. The molecule has 0 N–H and O–H groups in total. The molecule has 0 bridgehead atoms. The fourth-order valence-corrected chi connectivity index (χ4v) is 8.97. The molecule has 0 saturated carbocycles. The van der Waals surface area contributed by atoms with Crippen molar-refractivity contribution in [3.8, 4) is 33.4 Å². The lowest BCUT2D eigenvalue weighted by atomic mass is 9.85. The van der Waals surface area contributed by atoms with E-state index in [0.717, 1.165) is 17.1 Å². The molecule has 57 heavy (non-hydrogen) atoms. The lowest BCUT2D eigenvalue weighted by Gasteiger charge is -2.27. The van der Waals surface area contributed by atoms with E-state index in [1.165, 1.54) is 87.2 Å².